The number of aromatic nitrogens is 1. The van der Waals surface area contributed by atoms with Gasteiger partial charge in [0.05, 0.1) is 13.7 Å². The molecule has 19 heavy (non-hydrogen) atoms. The van der Waals surface area contributed by atoms with Crippen LogP contribution in [0, 0.1) is 0 Å². The zero-order chi connectivity index (χ0) is 13.9. The molecule has 0 saturated carbocycles. The zero-order valence-corrected chi connectivity index (χ0v) is 11.6. The summed E-state index contributed by atoms with van der Waals surface area (Å²) in [5, 5.41) is 3.04. The van der Waals surface area contributed by atoms with E-state index in [1.165, 1.54) is 0 Å². The van der Waals surface area contributed by atoms with Crippen LogP contribution in [0.5, 0.6) is 5.88 Å². The second kappa shape index (κ2) is 9.16. The van der Waals surface area contributed by atoms with E-state index in [9.17, 15) is 0 Å². The molecule has 0 aromatic carbocycles. The molecule has 0 bridgehead atoms. The van der Waals surface area contributed by atoms with Crippen LogP contribution in [0.3, 0.4) is 0 Å². The molecule has 106 valence electrons. The summed E-state index contributed by atoms with van der Waals surface area (Å²) in [6, 6.07) is 3.72. The minimum Gasteiger partial charge on any atom is -0.481 e. The summed E-state index contributed by atoms with van der Waals surface area (Å²) in [6.45, 7) is 4.72. The fourth-order valence-electron chi connectivity index (χ4n) is 1.39. The molecule has 0 radical (unpaired) electrons. The minimum absolute atomic E-state index is 0.437. The number of ether oxygens (including phenoxy) is 2. The molecule has 0 fully saturated rings. The lowest BCUT2D eigenvalue weighted by Gasteiger charge is -2.05. The van der Waals surface area contributed by atoms with Gasteiger partial charge in [0.1, 0.15) is 0 Å². The normalized spacial score (nSPS) is 11.4. The summed E-state index contributed by atoms with van der Waals surface area (Å²) < 4.78 is 10.2. The van der Waals surface area contributed by atoms with Crippen molar-refractivity contribution in [3.63, 3.8) is 0 Å². The van der Waals surface area contributed by atoms with Gasteiger partial charge in [-0.05, 0) is 18.9 Å². The number of hydrogen-bond donors (Lipinski definition) is 2. The van der Waals surface area contributed by atoms with Crippen molar-refractivity contribution in [1.82, 2.24) is 10.3 Å². The fourth-order valence-corrected chi connectivity index (χ4v) is 1.39. The SMILES string of the molecule is CCOCCCNC(N)=NCc1ccc(OC)nc1. The number of rotatable bonds is 8. The van der Waals surface area contributed by atoms with Gasteiger partial charge in [-0.2, -0.15) is 0 Å². The highest BCUT2D eigenvalue weighted by molar-refractivity contribution is 5.77. The summed E-state index contributed by atoms with van der Waals surface area (Å²) in [6.07, 6.45) is 2.64. The number of guanidine groups is 1. The Morgan fingerprint density at radius 3 is 2.95 bits per heavy atom. The minimum atomic E-state index is 0.437. The molecule has 0 aliphatic heterocycles. The van der Waals surface area contributed by atoms with E-state index in [1.807, 2.05) is 13.0 Å². The number of nitrogens with one attached hydrogen (secondary N) is 1. The van der Waals surface area contributed by atoms with E-state index >= 15 is 0 Å². The molecule has 0 unspecified atom stereocenters. The molecule has 6 nitrogen and oxygen atoms in total. The van der Waals surface area contributed by atoms with Crippen LogP contribution in [0.2, 0.25) is 0 Å². The Hall–Kier alpha value is -1.82. The van der Waals surface area contributed by atoms with Crippen LogP contribution < -0.4 is 15.8 Å². The van der Waals surface area contributed by atoms with Crippen LogP contribution in [-0.4, -0.2) is 37.8 Å². The molecular formula is C13H22N4O2. The van der Waals surface area contributed by atoms with E-state index in [2.05, 4.69) is 15.3 Å². The lowest BCUT2D eigenvalue weighted by molar-refractivity contribution is 0.145. The van der Waals surface area contributed by atoms with E-state index in [4.69, 9.17) is 15.2 Å². The monoisotopic (exact) mass is 266 g/mol. The number of pyridine rings is 1. The third-order valence-electron chi connectivity index (χ3n) is 2.41. The Labute approximate surface area is 114 Å². The van der Waals surface area contributed by atoms with Crippen LogP contribution in [0.25, 0.3) is 0 Å². The Morgan fingerprint density at radius 2 is 2.32 bits per heavy atom. The molecule has 0 atom stereocenters. The van der Waals surface area contributed by atoms with Crippen LogP contribution in [-0.2, 0) is 11.3 Å². The summed E-state index contributed by atoms with van der Waals surface area (Å²) in [5.41, 5.74) is 6.73. The number of aliphatic imine (C=N–C) groups is 1. The zero-order valence-electron chi connectivity index (χ0n) is 11.6. The van der Waals surface area contributed by atoms with Gasteiger partial charge in [0, 0.05) is 32.0 Å². The van der Waals surface area contributed by atoms with E-state index in [-0.39, 0.29) is 0 Å². The first-order chi connectivity index (χ1) is 9.26. The third kappa shape index (κ3) is 6.61. The number of methoxy groups -OCH3 is 1. The summed E-state index contributed by atoms with van der Waals surface area (Å²) >= 11 is 0. The molecule has 0 saturated heterocycles. The second-order valence-electron chi connectivity index (χ2n) is 3.89. The van der Waals surface area contributed by atoms with Crippen LogP contribution in [0.1, 0.15) is 18.9 Å². The van der Waals surface area contributed by atoms with Gasteiger partial charge < -0.3 is 20.5 Å². The molecule has 1 aromatic rings. The highest BCUT2D eigenvalue weighted by atomic mass is 16.5. The summed E-state index contributed by atoms with van der Waals surface area (Å²) in [4.78, 5) is 8.33. The molecular weight excluding hydrogens is 244 g/mol. The molecule has 1 aromatic heterocycles. The largest absolute Gasteiger partial charge is 0.481 e. The van der Waals surface area contributed by atoms with Crippen molar-refractivity contribution in [3.8, 4) is 5.88 Å². The van der Waals surface area contributed by atoms with Crippen molar-refractivity contribution in [2.75, 3.05) is 26.9 Å². The molecule has 0 amide bonds. The molecule has 0 aliphatic rings. The van der Waals surface area contributed by atoms with Crippen molar-refractivity contribution in [2.24, 2.45) is 10.7 Å². The summed E-state index contributed by atoms with van der Waals surface area (Å²) in [7, 11) is 1.59. The topological polar surface area (TPSA) is 81.8 Å². The highest BCUT2D eigenvalue weighted by Crippen LogP contribution is 2.07. The first-order valence-corrected chi connectivity index (χ1v) is 6.36. The Kier molecular flexibility index (Phi) is 7.34. The molecule has 0 spiro atoms. The van der Waals surface area contributed by atoms with Crippen molar-refractivity contribution in [3.05, 3.63) is 23.9 Å². The van der Waals surface area contributed by atoms with Crippen molar-refractivity contribution < 1.29 is 9.47 Å². The number of nitrogens with two attached hydrogens (primary N) is 1. The lowest BCUT2D eigenvalue weighted by Crippen LogP contribution is -2.32. The Balaban J connectivity index is 2.26. The fraction of sp³-hybridized carbons (Fsp3) is 0.538. The maximum Gasteiger partial charge on any atom is 0.212 e. The van der Waals surface area contributed by atoms with Gasteiger partial charge in [0.15, 0.2) is 5.96 Å². The van der Waals surface area contributed by atoms with Gasteiger partial charge in [0.25, 0.3) is 0 Å². The van der Waals surface area contributed by atoms with Crippen molar-refractivity contribution in [2.45, 2.75) is 19.9 Å². The molecule has 0 aliphatic carbocycles. The van der Waals surface area contributed by atoms with E-state index in [0.717, 1.165) is 31.7 Å². The maximum absolute atomic E-state index is 5.75. The quantitative estimate of drug-likeness (QED) is 0.415. The summed E-state index contributed by atoms with van der Waals surface area (Å²) in [5.74, 6) is 1.03. The number of hydrogen-bond acceptors (Lipinski definition) is 4. The molecule has 3 N–H and O–H groups in total. The second-order valence-corrected chi connectivity index (χ2v) is 3.89. The van der Waals surface area contributed by atoms with E-state index in [1.54, 1.807) is 19.4 Å². The number of nitrogens with zero attached hydrogens (tertiary/aromatic N) is 2. The van der Waals surface area contributed by atoms with Crippen molar-refractivity contribution in [1.29, 1.82) is 0 Å². The average molecular weight is 266 g/mol. The Morgan fingerprint density at radius 1 is 1.47 bits per heavy atom. The van der Waals surface area contributed by atoms with Gasteiger partial charge in [-0.3, -0.25) is 0 Å². The lowest BCUT2D eigenvalue weighted by atomic mass is 10.3. The van der Waals surface area contributed by atoms with Gasteiger partial charge in [0.2, 0.25) is 5.88 Å². The average Bonchev–Trinajstić information content (AvgIpc) is 2.45. The molecule has 6 heteroatoms. The van der Waals surface area contributed by atoms with Gasteiger partial charge in [-0.25, -0.2) is 9.98 Å². The maximum atomic E-state index is 5.75. The van der Waals surface area contributed by atoms with E-state index in [0.29, 0.717) is 18.4 Å². The van der Waals surface area contributed by atoms with Crippen LogP contribution >= 0.6 is 0 Å². The van der Waals surface area contributed by atoms with Crippen LogP contribution in [0.15, 0.2) is 23.3 Å². The third-order valence-corrected chi connectivity index (χ3v) is 2.41. The predicted molar refractivity (Wildman–Crippen MR) is 75.2 cm³/mol. The predicted octanol–water partition coefficient (Wildman–Crippen LogP) is 0.921. The van der Waals surface area contributed by atoms with Gasteiger partial charge >= 0.3 is 0 Å². The Bertz CT molecular complexity index is 379. The van der Waals surface area contributed by atoms with Crippen LogP contribution in [0.4, 0.5) is 0 Å². The molecule has 1 rings (SSSR count). The van der Waals surface area contributed by atoms with Gasteiger partial charge in [-0.15, -0.1) is 0 Å². The molecule has 1 heterocycles. The van der Waals surface area contributed by atoms with Gasteiger partial charge in [-0.1, -0.05) is 6.07 Å². The highest BCUT2D eigenvalue weighted by Gasteiger charge is 1.96. The first-order valence-electron chi connectivity index (χ1n) is 6.36. The van der Waals surface area contributed by atoms with E-state index < -0.39 is 0 Å². The first kappa shape index (κ1) is 15.2. The standard InChI is InChI=1S/C13H22N4O2/c1-3-19-8-4-7-15-13(14)17-10-11-5-6-12(18-2)16-9-11/h5-6,9H,3-4,7-8,10H2,1-2H3,(H3,14,15,17). The smallest absolute Gasteiger partial charge is 0.212 e. The van der Waals surface area contributed by atoms with Crippen molar-refractivity contribution >= 4 is 5.96 Å².